The summed E-state index contributed by atoms with van der Waals surface area (Å²) in [4.78, 5) is 25.1. The van der Waals surface area contributed by atoms with E-state index in [9.17, 15) is 9.59 Å². The van der Waals surface area contributed by atoms with Gasteiger partial charge in [0.1, 0.15) is 5.69 Å². The maximum atomic E-state index is 12.9. The Morgan fingerprint density at radius 1 is 1.00 bits per heavy atom. The fourth-order valence-electron chi connectivity index (χ4n) is 2.85. The van der Waals surface area contributed by atoms with Crippen molar-refractivity contribution in [2.24, 2.45) is 10.2 Å². The van der Waals surface area contributed by atoms with E-state index in [1.54, 1.807) is 13.0 Å². The number of ether oxygens (including phenoxy) is 4. The van der Waals surface area contributed by atoms with Crippen molar-refractivity contribution in [3.8, 4) is 23.0 Å². The van der Waals surface area contributed by atoms with Gasteiger partial charge >= 0.3 is 0 Å². The maximum Gasteiger partial charge on any atom is 0.258 e. The van der Waals surface area contributed by atoms with Gasteiger partial charge in [-0.05, 0) is 39.0 Å². The largest absolute Gasteiger partial charge is 0.491 e. The van der Waals surface area contributed by atoms with E-state index < -0.39 is 17.7 Å². The zero-order valence-corrected chi connectivity index (χ0v) is 20.4. The standard InChI is InChI=1S/C22H25Cl2N3O6/c1-6-32-17-11-13(23)10-16(20(17)33-7-2)26-27-18(12(3)28)22(29)25-15-9-8-14(24)19(30-4)21(15)31-5/h8-11,18H,6-7H2,1-5H3,(H,25,29). The number of methoxy groups -OCH3 is 2. The first-order valence-electron chi connectivity index (χ1n) is 9.99. The van der Waals surface area contributed by atoms with Crippen molar-refractivity contribution in [2.75, 3.05) is 32.8 Å². The van der Waals surface area contributed by atoms with Gasteiger partial charge in [0, 0.05) is 11.1 Å². The molecule has 0 aromatic heterocycles. The summed E-state index contributed by atoms with van der Waals surface area (Å²) in [6.07, 6.45) is 0. The first kappa shape index (κ1) is 26.2. The van der Waals surface area contributed by atoms with Crippen LogP contribution in [0, 0.1) is 0 Å². The maximum absolute atomic E-state index is 12.9. The van der Waals surface area contributed by atoms with Gasteiger partial charge in [-0.3, -0.25) is 9.59 Å². The molecule has 1 amide bonds. The highest BCUT2D eigenvalue weighted by Gasteiger charge is 2.26. The molecule has 0 spiro atoms. The minimum absolute atomic E-state index is 0.201. The first-order chi connectivity index (χ1) is 15.8. The third-order valence-corrected chi connectivity index (χ3v) is 4.75. The number of anilines is 1. The summed E-state index contributed by atoms with van der Waals surface area (Å²) in [6.45, 7) is 5.55. The van der Waals surface area contributed by atoms with E-state index in [1.807, 2.05) is 6.92 Å². The molecule has 178 valence electrons. The Labute approximate surface area is 202 Å². The van der Waals surface area contributed by atoms with Crippen LogP contribution in [0.25, 0.3) is 0 Å². The molecule has 2 aromatic carbocycles. The Kier molecular flexibility index (Phi) is 9.74. The number of Topliss-reactive ketones (excluding diaryl/α,β-unsaturated/α-hetero) is 1. The van der Waals surface area contributed by atoms with Crippen LogP contribution >= 0.6 is 23.2 Å². The number of rotatable bonds is 11. The van der Waals surface area contributed by atoms with Gasteiger partial charge in [0.05, 0.1) is 38.1 Å². The van der Waals surface area contributed by atoms with Crippen LogP contribution in [0.1, 0.15) is 20.8 Å². The number of carbonyl (C=O) groups excluding carboxylic acids is 2. The predicted octanol–water partition coefficient (Wildman–Crippen LogP) is 5.49. The van der Waals surface area contributed by atoms with Crippen LogP contribution < -0.4 is 24.3 Å². The number of ketones is 1. The molecule has 9 nitrogen and oxygen atoms in total. The van der Waals surface area contributed by atoms with Gasteiger partial charge in [0.15, 0.2) is 28.8 Å². The quantitative estimate of drug-likeness (QED) is 0.324. The molecular formula is C22H25Cl2N3O6. The molecule has 0 saturated heterocycles. The normalized spacial score (nSPS) is 11.7. The fraction of sp³-hybridized carbons (Fsp3) is 0.364. The van der Waals surface area contributed by atoms with E-state index in [-0.39, 0.29) is 22.9 Å². The van der Waals surface area contributed by atoms with E-state index in [4.69, 9.17) is 42.1 Å². The van der Waals surface area contributed by atoms with Crippen LogP contribution in [0.5, 0.6) is 23.0 Å². The lowest BCUT2D eigenvalue weighted by atomic mass is 10.2. The molecule has 0 aliphatic carbocycles. The second kappa shape index (κ2) is 12.3. The van der Waals surface area contributed by atoms with Crippen LogP contribution in [0.2, 0.25) is 10.0 Å². The summed E-state index contributed by atoms with van der Waals surface area (Å²) in [7, 11) is 2.82. The zero-order valence-electron chi connectivity index (χ0n) is 18.9. The molecule has 2 aromatic rings. The summed E-state index contributed by atoms with van der Waals surface area (Å²) in [5, 5.41) is 11.3. The Morgan fingerprint density at radius 3 is 2.24 bits per heavy atom. The number of halogens is 2. The molecule has 11 heteroatoms. The summed E-state index contributed by atoms with van der Waals surface area (Å²) in [5.74, 6) is -0.129. The number of amides is 1. The van der Waals surface area contributed by atoms with Gasteiger partial charge in [-0.25, -0.2) is 0 Å². The van der Waals surface area contributed by atoms with Crippen LogP contribution in [0.4, 0.5) is 11.4 Å². The minimum Gasteiger partial charge on any atom is -0.491 e. The number of nitrogens with one attached hydrogen (secondary N) is 1. The third-order valence-electron chi connectivity index (χ3n) is 4.23. The molecule has 1 N–H and O–H groups in total. The molecule has 0 bridgehead atoms. The van der Waals surface area contributed by atoms with Gasteiger partial charge in [0.25, 0.3) is 5.91 Å². The fourth-order valence-corrected chi connectivity index (χ4v) is 3.28. The zero-order chi connectivity index (χ0) is 24.5. The highest BCUT2D eigenvalue weighted by molar-refractivity contribution is 6.32. The van der Waals surface area contributed by atoms with Gasteiger partial charge in [-0.2, -0.15) is 10.2 Å². The van der Waals surface area contributed by atoms with E-state index in [0.29, 0.717) is 34.8 Å². The molecule has 1 atom stereocenters. The Bertz CT molecular complexity index is 1050. The molecule has 0 fully saturated rings. The van der Waals surface area contributed by atoms with Crippen molar-refractivity contribution in [3.05, 3.63) is 34.3 Å². The van der Waals surface area contributed by atoms with Gasteiger partial charge in [-0.15, -0.1) is 0 Å². The van der Waals surface area contributed by atoms with Crippen molar-refractivity contribution in [1.82, 2.24) is 0 Å². The van der Waals surface area contributed by atoms with Gasteiger partial charge in [-0.1, -0.05) is 23.2 Å². The highest BCUT2D eigenvalue weighted by Crippen LogP contribution is 2.42. The molecular weight excluding hydrogens is 473 g/mol. The molecule has 0 saturated carbocycles. The minimum atomic E-state index is -1.44. The third kappa shape index (κ3) is 6.49. The molecule has 1 unspecified atom stereocenters. The van der Waals surface area contributed by atoms with E-state index >= 15 is 0 Å². The summed E-state index contributed by atoms with van der Waals surface area (Å²) < 4.78 is 21.7. The smallest absolute Gasteiger partial charge is 0.258 e. The second-order valence-electron chi connectivity index (χ2n) is 6.50. The number of azo groups is 1. The number of hydrogen-bond donors (Lipinski definition) is 1. The lowest BCUT2D eigenvalue weighted by Gasteiger charge is -2.16. The average Bonchev–Trinajstić information content (AvgIpc) is 2.76. The molecule has 0 heterocycles. The van der Waals surface area contributed by atoms with Crippen LogP contribution in [-0.2, 0) is 9.59 Å². The van der Waals surface area contributed by atoms with Crippen molar-refractivity contribution < 1.29 is 28.5 Å². The summed E-state index contributed by atoms with van der Waals surface area (Å²) >= 11 is 12.3. The molecule has 0 radical (unpaired) electrons. The highest BCUT2D eigenvalue weighted by atomic mass is 35.5. The average molecular weight is 498 g/mol. The van der Waals surface area contributed by atoms with Gasteiger partial charge in [0.2, 0.25) is 6.04 Å². The van der Waals surface area contributed by atoms with Crippen LogP contribution in [0.15, 0.2) is 34.5 Å². The Hall–Kier alpha value is -3.04. The molecule has 0 aliphatic heterocycles. The van der Waals surface area contributed by atoms with Crippen molar-refractivity contribution in [3.63, 3.8) is 0 Å². The van der Waals surface area contributed by atoms with Crippen LogP contribution in [-0.4, -0.2) is 45.2 Å². The van der Waals surface area contributed by atoms with Gasteiger partial charge < -0.3 is 24.3 Å². The molecule has 2 rings (SSSR count). The van der Waals surface area contributed by atoms with Crippen molar-refractivity contribution in [2.45, 2.75) is 26.8 Å². The lowest BCUT2D eigenvalue weighted by molar-refractivity contribution is -0.126. The van der Waals surface area contributed by atoms with Crippen molar-refractivity contribution in [1.29, 1.82) is 0 Å². The number of benzene rings is 2. The summed E-state index contributed by atoms with van der Waals surface area (Å²) in [6, 6.07) is 4.69. The monoisotopic (exact) mass is 497 g/mol. The molecule has 0 aliphatic rings. The number of carbonyl (C=O) groups is 2. The lowest BCUT2D eigenvalue weighted by Crippen LogP contribution is -2.32. The van der Waals surface area contributed by atoms with E-state index in [1.165, 1.54) is 39.3 Å². The second-order valence-corrected chi connectivity index (χ2v) is 7.34. The van der Waals surface area contributed by atoms with E-state index in [2.05, 4.69) is 15.5 Å². The number of nitrogens with zero attached hydrogens (tertiary/aromatic N) is 2. The van der Waals surface area contributed by atoms with Crippen molar-refractivity contribution >= 4 is 46.3 Å². The topological polar surface area (TPSA) is 108 Å². The Balaban J connectivity index is 2.39. The SMILES string of the molecule is CCOc1cc(Cl)cc(N=NC(C(C)=O)C(=O)Nc2ccc(Cl)c(OC)c2OC)c1OCC. The summed E-state index contributed by atoms with van der Waals surface area (Å²) in [5.41, 5.74) is 0.471. The van der Waals surface area contributed by atoms with Crippen LogP contribution in [0.3, 0.4) is 0 Å². The number of hydrogen-bond acceptors (Lipinski definition) is 8. The van der Waals surface area contributed by atoms with E-state index in [0.717, 1.165) is 0 Å². The predicted molar refractivity (Wildman–Crippen MR) is 126 cm³/mol. The Morgan fingerprint density at radius 2 is 1.67 bits per heavy atom. The first-order valence-corrected chi connectivity index (χ1v) is 10.7. The molecule has 33 heavy (non-hydrogen) atoms.